The number of rotatable bonds is 4. The maximum Gasteiger partial charge on any atom is 0.164 e. The molecular formula is C41H25N3O. The van der Waals surface area contributed by atoms with E-state index in [9.17, 15) is 0 Å². The highest BCUT2D eigenvalue weighted by atomic mass is 16.3. The quantitative estimate of drug-likeness (QED) is 0.209. The summed E-state index contributed by atoms with van der Waals surface area (Å²) in [5.41, 5.74) is 6.78. The Morgan fingerprint density at radius 2 is 0.956 bits per heavy atom. The number of benzene rings is 7. The first-order chi connectivity index (χ1) is 22.3. The summed E-state index contributed by atoms with van der Waals surface area (Å²) in [6.45, 7) is 0. The predicted octanol–water partition coefficient (Wildman–Crippen LogP) is 10.7. The molecule has 0 saturated heterocycles. The second-order valence-electron chi connectivity index (χ2n) is 11.3. The number of fused-ring (bicyclic) bond motifs is 6. The molecule has 0 bridgehead atoms. The van der Waals surface area contributed by atoms with E-state index >= 15 is 0 Å². The van der Waals surface area contributed by atoms with Gasteiger partial charge in [0, 0.05) is 32.8 Å². The van der Waals surface area contributed by atoms with Crippen LogP contribution in [0.3, 0.4) is 0 Å². The Morgan fingerprint density at radius 1 is 0.378 bits per heavy atom. The molecule has 45 heavy (non-hydrogen) atoms. The smallest absolute Gasteiger partial charge is 0.164 e. The molecule has 0 aliphatic carbocycles. The van der Waals surface area contributed by atoms with Crippen molar-refractivity contribution >= 4 is 43.5 Å². The van der Waals surface area contributed by atoms with Crippen LogP contribution in [0.2, 0.25) is 0 Å². The van der Waals surface area contributed by atoms with Gasteiger partial charge in [-0.25, -0.2) is 15.0 Å². The topological polar surface area (TPSA) is 51.8 Å². The Labute approximate surface area is 259 Å². The fraction of sp³-hybridized carbons (Fsp3) is 0. The molecule has 2 aromatic heterocycles. The Kier molecular flexibility index (Phi) is 5.78. The molecule has 0 unspecified atom stereocenters. The zero-order valence-corrected chi connectivity index (χ0v) is 24.2. The second-order valence-corrected chi connectivity index (χ2v) is 11.3. The first-order valence-corrected chi connectivity index (χ1v) is 15.0. The molecule has 0 spiro atoms. The summed E-state index contributed by atoms with van der Waals surface area (Å²) in [7, 11) is 0. The lowest BCUT2D eigenvalue weighted by Gasteiger charge is -2.10. The van der Waals surface area contributed by atoms with E-state index in [1.54, 1.807) is 0 Å². The van der Waals surface area contributed by atoms with Crippen molar-refractivity contribution in [2.75, 3.05) is 0 Å². The number of furan rings is 1. The van der Waals surface area contributed by atoms with Crippen LogP contribution in [0.15, 0.2) is 156 Å². The average molecular weight is 576 g/mol. The summed E-state index contributed by atoms with van der Waals surface area (Å²) >= 11 is 0. The Hall–Kier alpha value is -6.13. The molecule has 210 valence electrons. The van der Waals surface area contributed by atoms with Gasteiger partial charge in [-0.2, -0.15) is 0 Å². The Morgan fingerprint density at radius 3 is 1.71 bits per heavy atom. The zero-order valence-electron chi connectivity index (χ0n) is 24.2. The van der Waals surface area contributed by atoms with Crippen molar-refractivity contribution in [3.8, 4) is 45.3 Å². The normalized spacial score (nSPS) is 11.6. The lowest BCUT2D eigenvalue weighted by Crippen LogP contribution is -2.00. The van der Waals surface area contributed by atoms with Gasteiger partial charge in [0.2, 0.25) is 0 Å². The molecular weight excluding hydrogens is 550 g/mol. The third kappa shape index (κ3) is 4.35. The number of nitrogens with zero attached hydrogens (tertiary/aromatic N) is 3. The minimum absolute atomic E-state index is 0.616. The van der Waals surface area contributed by atoms with Gasteiger partial charge >= 0.3 is 0 Å². The van der Waals surface area contributed by atoms with E-state index in [1.807, 2.05) is 48.5 Å². The molecule has 0 aliphatic heterocycles. The molecule has 4 nitrogen and oxygen atoms in total. The van der Waals surface area contributed by atoms with Crippen molar-refractivity contribution < 1.29 is 4.42 Å². The molecule has 2 heterocycles. The van der Waals surface area contributed by atoms with Gasteiger partial charge in [0.15, 0.2) is 17.5 Å². The van der Waals surface area contributed by atoms with Crippen molar-refractivity contribution in [3.63, 3.8) is 0 Å². The molecule has 9 rings (SSSR count). The number of hydrogen-bond donors (Lipinski definition) is 0. The number of hydrogen-bond acceptors (Lipinski definition) is 4. The SMILES string of the molecule is c1ccc(-c2nc(-c3ccc4ccccc4c3)nc(-c3ccc4oc5c6ccccc6cc(-c6ccccc6)c5c4c3)n2)cc1. The lowest BCUT2D eigenvalue weighted by molar-refractivity contribution is 0.673. The highest BCUT2D eigenvalue weighted by Crippen LogP contribution is 2.42. The highest BCUT2D eigenvalue weighted by molar-refractivity contribution is 6.21. The highest BCUT2D eigenvalue weighted by Gasteiger charge is 2.19. The van der Waals surface area contributed by atoms with Gasteiger partial charge in [-0.1, -0.05) is 121 Å². The van der Waals surface area contributed by atoms with Crippen molar-refractivity contribution in [1.29, 1.82) is 0 Å². The summed E-state index contributed by atoms with van der Waals surface area (Å²) in [5.74, 6) is 1.89. The van der Waals surface area contributed by atoms with Crippen molar-refractivity contribution in [2.45, 2.75) is 0 Å². The van der Waals surface area contributed by atoms with Crippen LogP contribution in [0.4, 0.5) is 0 Å². The summed E-state index contributed by atoms with van der Waals surface area (Å²) in [5, 5.41) is 6.68. The molecule has 9 aromatic rings. The monoisotopic (exact) mass is 575 g/mol. The molecule has 0 N–H and O–H groups in total. The van der Waals surface area contributed by atoms with Gasteiger partial charge in [0.05, 0.1) is 0 Å². The zero-order chi connectivity index (χ0) is 29.7. The predicted molar refractivity (Wildman–Crippen MR) is 184 cm³/mol. The molecule has 0 radical (unpaired) electrons. The van der Waals surface area contributed by atoms with Crippen LogP contribution in [0.1, 0.15) is 0 Å². The van der Waals surface area contributed by atoms with E-state index in [1.165, 1.54) is 5.39 Å². The Balaban J connectivity index is 1.29. The van der Waals surface area contributed by atoms with Crippen LogP contribution < -0.4 is 0 Å². The average Bonchev–Trinajstić information content (AvgIpc) is 3.51. The van der Waals surface area contributed by atoms with E-state index in [0.717, 1.165) is 65.9 Å². The van der Waals surface area contributed by atoms with Gasteiger partial charge in [0.25, 0.3) is 0 Å². The van der Waals surface area contributed by atoms with E-state index in [-0.39, 0.29) is 0 Å². The van der Waals surface area contributed by atoms with Gasteiger partial charge in [0.1, 0.15) is 11.2 Å². The van der Waals surface area contributed by atoms with Gasteiger partial charge < -0.3 is 4.42 Å². The van der Waals surface area contributed by atoms with E-state index in [4.69, 9.17) is 19.4 Å². The first kappa shape index (κ1) is 25.4. The molecule has 7 aromatic carbocycles. The molecule has 0 amide bonds. The van der Waals surface area contributed by atoms with E-state index in [0.29, 0.717) is 17.5 Å². The third-order valence-electron chi connectivity index (χ3n) is 8.48. The van der Waals surface area contributed by atoms with Gasteiger partial charge in [-0.05, 0) is 57.6 Å². The van der Waals surface area contributed by atoms with E-state index < -0.39 is 0 Å². The minimum atomic E-state index is 0.616. The third-order valence-corrected chi connectivity index (χ3v) is 8.48. The van der Waals surface area contributed by atoms with E-state index in [2.05, 4.69) is 103 Å². The summed E-state index contributed by atoms with van der Waals surface area (Å²) in [6, 6.07) is 52.2. The molecule has 0 fully saturated rings. The van der Waals surface area contributed by atoms with Crippen molar-refractivity contribution in [1.82, 2.24) is 15.0 Å². The van der Waals surface area contributed by atoms with Crippen LogP contribution in [0.25, 0.3) is 88.8 Å². The van der Waals surface area contributed by atoms with Crippen LogP contribution in [0.5, 0.6) is 0 Å². The fourth-order valence-corrected chi connectivity index (χ4v) is 6.28. The Bertz CT molecular complexity index is 2540. The standard InChI is InChI=1S/C41H25N3O/c1-3-12-27(13-4-1)34-24-30-17-9-10-18-33(30)38-37(34)35-25-32(21-22-36(35)45-38)41-43-39(28-14-5-2-6-15-28)42-40(44-41)31-20-19-26-11-7-8-16-29(26)23-31/h1-25H. The molecule has 4 heteroatoms. The maximum absolute atomic E-state index is 6.59. The maximum atomic E-state index is 6.59. The fourth-order valence-electron chi connectivity index (χ4n) is 6.28. The summed E-state index contributed by atoms with van der Waals surface area (Å²) < 4.78 is 6.59. The summed E-state index contributed by atoms with van der Waals surface area (Å²) in [6.07, 6.45) is 0. The number of aromatic nitrogens is 3. The van der Waals surface area contributed by atoms with Crippen LogP contribution in [-0.2, 0) is 0 Å². The minimum Gasteiger partial charge on any atom is -0.455 e. The van der Waals surface area contributed by atoms with Crippen molar-refractivity contribution in [2.24, 2.45) is 0 Å². The van der Waals surface area contributed by atoms with Gasteiger partial charge in [-0.15, -0.1) is 0 Å². The van der Waals surface area contributed by atoms with Crippen LogP contribution in [-0.4, -0.2) is 15.0 Å². The van der Waals surface area contributed by atoms with Crippen LogP contribution >= 0.6 is 0 Å². The van der Waals surface area contributed by atoms with Crippen LogP contribution in [0, 0.1) is 0 Å². The van der Waals surface area contributed by atoms with Gasteiger partial charge in [-0.3, -0.25) is 0 Å². The second kappa shape index (κ2) is 10.2. The first-order valence-electron chi connectivity index (χ1n) is 15.0. The summed E-state index contributed by atoms with van der Waals surface area (Å²) in [4.78, 5) is 15.0. The van der Waals surface area contributed by atoms with Crippen molar-refractivity contribution in [3.05, 3.63) is 152 Å². The molecule has 0 aliphatic rings. The largest absolute Gasteiger partial charge is 0.455 e. The molecule has 0 atom stereocenters. The molecule has 0 saturated carbocycles. The lowest BCUT2D eigenvalue weighted by atomic mass is 9.95.